The second kappa shape index (κ2) is 16.6. The molecule has 1 nitrogen and oxygen atoms in total. The van der Waals surface area contributed by atoms with Crippen molar-refractivity contribution in [2.45, 2.75) is 57.8 Å². The third kappa shape index (κ3) is 22.7. The summed E-state index contributed by atoms with van der Waals surface area (Å²) in [6, 6.07) is 0. The zero-order chi connectivity index (χ0) is 12.3. The van der Waals surface area contributed by atoms with Crippen LogP contribution < -0.4 is 17.0 Å². The van der Waals surface area contributed by atoms with Gasteiger partial charge in [-0.2, -0.15) is 12.6 Å². The predicted molar refractivity (Wildman–Crippen MR) is 78.3 cm³/mol. The topological polar surface area (TPSA) is 0 Å². The van der Waals surface area contributed by atoms with Crippen molar-refractivity contribution in [3.8, 4) is 0 Å². The largest absolute Gasteiger partial charge is 1.00 e. The zero-order valence-corrected chi connectivity index (χ0v) is 17.0. The first-order chi connectivity index (χ1) is 7.56. The number of hydrogen-bond acceptors (Lipinski definition) is 1. The Hall–Kier alpha value is 1.53. The fourth-order valence-electron chi connectivity index (χ4n) is 1.94. The van der Waals surface area contributed by atoms with E-state index in [0.717, 1.165) is 10.2 Å². The molecule has 0 unspecified atom stereocenters. The summed E-state index contributed by atoms with van der Waals surface area (Å²) in [6.07, 6.45) is 12.7. The summed E-state index contributed by atoms with van der Waals surface area (Å²) >= 11 is 4.22. The number of thiol groups is 1. The predicted octanol–water partition coefficient (Wildman–Crippen LogP) is 1.13. The van der Waals surface area contributed by atoms with Gasteiger partial charge < -0.3 is 21.5 Å². The van der Waals surface area contributed by atoms with Gasteiger partial charge in [0.2, 0.25) is 0 Å². The molecule has 0 aromatic carbocycles. The second-order valence-corrected chi connectivity index (χ2v) is 6.37. The van der Waals surface area contributed by atoms with Crippen LogP contribution in [0.2, 0.25) is 0 Å². The van der Waals surface area contributed by atoms with Gasteiger partial charge in [-0.1, -0.05) is 38.5 Å². The van der Waals surface area contributed by atoms with Crippen LogP contribution in [-0.4, -0.2) is 37.9 Å². The first-order valence-corrected chi connectivity index (χ1v) is 7.61. The van der Waals surface area contributed by atoms with E-state index < -0.39 is 0 Å². The summed E-state index contributed by atoms with van der Waals surface area (Å²) in [6.45, 7) is 1.32. The first-order valence-electron chi connectivity index (χ1n) is 6.97. The zero-order valence-electron chi connectivity index (χ0n) is 12.4. The Labute approximate surface area is 147 Å². The summed E-state index contributed by atoms with van der Waals surface area (Å²) in [7, 11) is 6.84. The van der Waals surface area contributed by atoms with Crippen LogP contribution in [0.1, 0.15) is 57.8 Å². The molecule has 0 aliphatic carbocycles. The molecule has 0 amide bonds. The van der Waals surface area contributed by atoms with E-state index in [1.54, 1.807) is 0 Å². The Morgan fingerprint density at radius 3 is 1.33 bits per heavy atom. The van der Waals surface area contributed by atoms with Crippen molar-refractivity contribution in [1.82, 2.24) is 0 Å². The van der Waals surface area contributed by atoms with Gasteiger partial charge in [0.15, 0.2) is 0 Å². The summed E-state index contributed by atoms with van der Waals surface area (Å²) in [4.78, 5) is 0. The van der Waals surface area contributed by atoms with Crippen LogP contribution in [0.3, 0.4) is 0 Å². The van der Waals surface area contributed by atoms with Crippen LogP contribution in [0.25, 0.3) is 0 Å². The summed E-state index contributed by atoms with van der Waals surface area (Å²) in [5.41, 5.74) is 0. The molecule has 0 saturated carbocycles. The van der Waals surface area contributed by atoms with Crippen molar-refractivity contribution in [2.24, 2.45) is 0 Å². The molecule has 1 radical (unpaired) electrons. The summed E-state index contributed by atoms with van der Waals surface area (Å²) in [5.74, 6) is 1.06. The van der Waals surface area contributed by atoms with Crippen molar-refractivity contribution in [2.75, 3.05) is 33.4 Å². The molecule has 18 heavy (non-hydrogen) atoms. The van der Waals surface area contributed by atoms with Crippen molar-refractivity contribution in [1.29, 1.82) is 0 Å². The van der Waals surface area contributed by atoms with Crippen LogP contribution in [0.15, 0.2) is 0 Å². The molecule has 0 aliphatic rings. The number of nitrogens with zero attached hydrogens (tertiary/aromatic N) is 1. The normalized spacial score (nSPS) is 10.7. The average molecular weight is 523 g/mol. The van der Waals surface area contributed by atoms with E-state index in [1.165, 1.54) is 64.3 Å². The molecule has 0 aromatic rings. The molecule has 0 aliphatic heterocycles. The van der Waals surface area contributed by atoms with Gasteiger partial charge in [0.05, 0.1) is 27.7 Å². The smallest absolute Gasteiger partial charge is 0.0780 e. The fourth-order valence-corrected chi connectivity index (χ4v) is 2.16. The molecular weight excluding hydrogens is 491 g/mol. The van der Waals surface area contributed by atoms with Gasteiger partial charge in [0.1, 0.15) is 0 Å². The molecule has 0 bridgehead atoms. The van der Waals surface area contributed by atoms with E-state index in [2.05, 4.69) is 33.8 Å². The summed E-state index contributed by atoms with van der Waals surface area (Å²) in [5, 5.41) is 0. The molecule has 0 heterocycles. The maximum atomic E-state index is 4.22. The fraction of sp³-hybridized carbons (Fsp3) is 1.00. The third-order valence-electron chi connectivity index (χ3n) is 2.99. The molecule has 0 aromatic heterocycles. The number of rotatable bonds is 11. The van der Waals surface area contributed by atoms with E-state index in [1.807, 2.05) is 0 Å². The molecule has 117 valence electrons. The summed E-state index contributed by atoms with van der Waals surface area (Å²) < 4.78 is 1.11. The quantitative estimate of drug-likeness (QED) is 0.179. The van der Waals surface area contributed by atoms with Gasteiger partial charge in [-0.05, 0) is 25.0 Å². The molecule has 0 saturated heterocycles. The van der Waals surface area contributed by atoms with Gasteiger partial charge >= 0.3 is 0 Å². The van der Waals surface area contributed by atoms with E-state index in [9.17, 15) is 0 Å². The van der Waals surface area contributed by atoms with Gasteiger partial charge in [0.25, 0.3) is 0 Å². The third-order valence-corrected chi connectivity index (χ3v) is 3.30. The Morgan fingerprint density at radius 1 is 0.667 bits per heavy atom. The Kier molecular flexibility index (Phi) is 22.6. The minimum atomic E-state index is 0. The molecule has 0 rings (SSSR count). The number of quaternary nitrogens is 1. The maximum absolute atomic E-state index is 4.22. The van der Waals surface area contributed by atoms with E-state index in [-0.39, 0.29) is 39.4 Å². The van der Waals surface area contributed by atoms with Crippen LogP contribution in [0, 0.1) is 0 Å². The van der Waals surface area contributed by atoms with Crippen molar-refractivity contribution >= 4 is 12.6 Å². The number of unbranched alkanes of at least 4 members (excludes halogenated alkanes) is 8. The van der Waals surface area contributed by atoms with Gasteiger partial charge in [-0.15, -0.1) is 0 Å². The van der Waals surface area contributed by atoms with Crippen molar-refractivity contribution in [3.63, 3.8) is 0 Å². The minimum Gasteiger partial charge on any atom is -1.00 e. The monoisotopic (exact) mass is 522 g/mol. The van der Waals surface area contributed by atoms with E-state index >= 15 is 0 Å². The number of hydrogen-bond donors (Lipinski definition) is 1. The minimum absolute atomic E-state index is 0. The maximum Gasteiger partial charge on any atom is 0.0780 e. The van der Waals surface area contributed by atoms with Crippen molar-refractivity contribution in [3.05, 3.63) is 0 Å². The number of halogens is 1. The van der Waals surface area contributed by atoms with Gasteiger partial charge in [-0.3, -0.25) is 0 Å². The molecule has 0 fully saturated rings. The first kappa shape index (κ1) is 24.5. The van der Waals surface area contributed by atoms with Gasteiger partial charge in [0, 0.05) is 22.4 Å². The van der Waals surface area contributed by atoms with Crippen LogP contribution in [0.5, 0.6) is 0 Å². The molecule has 4 heteroatoms. The molecule has 0 N–H and O–H groups in total. The molecule has 0 atom stereocenters. The SMILES string of the molecule is C[N+](C)(C)CCCCCCCCCCCS.[Au].[Br-]. The van der Waals surface area contributed by atoms with E-state index in [4.69, 9.17) is 0 Å². The van der Waals surface area contributed by atoms with Crippen LogP contribution >= 0.6 is 12.6 Å². The van der Waals surface area contributed by atoms with Gasteiger partial charge in [-0.25, -0.2) is 0 Å². The Morgan fingerprint density at radius 2 is 1.00 bits per heavy atom. The second-order valence-electron chi connectivity index (χ2n) is 5.92. The molecular formula is C14H32AuBrNS. The molecule has 0 spiro atoms. The van der Waals surface area contributed by atoms with Crippen LogP contribution in [0.4, 0.5) is 0 Å². The Balaban J connectivity index is -0.00000112. The van der Waals surface area contributed by atoms with Crippen LogP contribution in [-0.2, 0) is 22.4 Å². The van der Waals surface area contributed by atoms with Crippen molar-refractivity contribution < 1.29 is 43.8 Å². The standard InChI is InChI=1S/C14H31NS.Au.BrH/c1-15(2,3)13-11-9-7-5-4-6-8-10-12-14-16;;/h4-14H2,1-3H3;;1H. The van der Waals surface area contributed by atoms with E-state index in [0.29, 0.717) is 0 Å². The Bertz CT molecular complexity index is 151. The average Bonchev–Trinajstić information content (AvgIpc) is 2.19.